The summed E-state index contributed by atoms with van der Waals surface area (Å²) in [4.78, 5) is 4.50. The first kappa shape index (κ1) is 14.6. The number of aryl methyl sites for hydroxylation is 3. The van der Waals surface area contributed by atoms with Gasteiger partial charge in [0.1, 0.15) is 0 Å². The fraction of sp³-hybridized carbons (Fsp3) is 0.188. The van der Waals surface area contributed by atoms with E-state index in [1.54, 1.807) is 30.6 Å². The van der Waals surface area contributed by atoms with Crippen molar-refractivity contribution in [2.45, 2.75) is 18.7 Å². The molecule has 2 aromatic carbocycles. The van der Waals surface area contributed by atoms with Crippen LogP contribution >= 0.6 is 0 Å². The van der Waals surface area contributed by atoms with Crippen molar-refractivity contribution >= 4 is 26.7 Å². The summed E-state index contributed by atoms with van der Waals surface area (Å²) in [5.74, 6) is 0. The van der Waals surface area contributed by atoms with E-state index in [1.165, 1.54) is 0 Å². The van der Waals surface area contributed by atoms with E-state index in [0.717, 1.165) is 22.2 Å². The number of hydrogen-bond donors (Lipinski definition) is 1. The van der Waals surface area contributed by atoms with Crippen LogP contribution in [-0.2, 0) is 17.1 Å². The molecule has 0 aliphatic carbocycles. The number of anilines is 1. The van der Waals surface area contributed by atoms with Gasteiger partial charge in [0.25, 0.3) is 10.0 Å². The molecule has 0 aliphatic rings. The Labute approximate surface area is 129 Å². The Morgan fingerprint density at radius 2 is 1.82 bits per heavy atom. The van der Waals surface area contributed by atoms with Crippen molar-refractivity contribution in [3.8, 4) is 0 Å². The number of fused-ring (bicyclic) bond motifs is 1. The Morgan fingerprint density at radius 1 is 1.05 bits per heavy atom. The highest BCUT2D eigenvalue weighted by molar-refractivity contribution is 7.92. The van der Waals surface area contributed by atoms with Crippen molar-refractivity contribution in [2.24, 2.45) is 7.05 Å². The lowest BCUT2D eigenvalue weighted by Gasteiger charge is -2.10. The van der Waals surface area contributed by atoms with Crippen LogP contribution in [0.3, 0.4) is 0 Å². The zero-order valence-electron chi connectivity index (χ0n) is 12.7. The Kier molecular flexibility index (Phi) is 3.41. The highest BCUT2D eigenvalue weighted by Crippen LogP contribution is 2.22. The van der Waals surface area contributed by atoms with Gasteiger partial charge < -0.3 is 4.57 Å². The van der Waals surface area contributed by atoms with Gasteiger partial charge >= 0.3 is 0 Å². The maximum absolute atomic E-state index is 12.5. The van der Waals surface area contributed by atoms with Crippen LogP contribution in [0, 0.1) is 13.8 Å². The Hall–Kier alpha value is -2.34. The van der Waals surface area contributed by atoms with E-state index in [9.17, 15) is 8.42 Å². The monoisotopic (exact) mass is 315 g/mol. The number of nitrogens with one attached hydrogen (secondary N) is 1. The molecule has 0 saturated carbocycles. The molecule has 0 radical (unpaired) electrons. The van der Waals surface area contributed by atoms with Gasteiger partial charge in [-0.1, -0.05) is 6.07 Å². The number of rotatable bonds is 3. The smallest absolute Gasteiger partial charge is 0.261 e. The number of benzene rings is 2. The van der Waals surface area contributed by atoms with Gasteiger partial charge in [0.2, 0.25) is 0 Å². The van der Waals surface area contributed by atoms with Gasteiger partial charge in [-0.05, 0) is 55.3 Å². The van der Waals surface area contributed by atoms with Crippen molar-refractivity contribution in [1.29, 1.82) is 0 Å². The molecular formula is C16H17N3O2S. The summed E-state index contributed by atoms with van der Waals surface area (Å²) >= 11 is 0. The van der Waals surface area contributed by atoms with E-state index in [0.29, 0.717) is 5.69 Å². The molecular weight excluding hydrogens is 298 g/mol. The second-order valence-electron chi connectivity index (χ2n) is 5.41. The average molecular weight is 315 g/mol. The summed E-state index contributed by atoms with van der Waals surface area (Å²) < 4.78 is 29.4. The van der Waals surface area contributed by atoms with E-state index in [1.807, 2.05) is 37.6 Å². The molecule has 1 aromatic heterocycles. The second-order valence-corrected chi connectivity index (χ2v) is 7.09. The molecule has 0 aliphatic heterocycles. The fourth-order valence-corrected chi connectivity index (χ4v) is 3.43. The van der Waals surface area contributed by atoms with E-state index in [4.69, 9.17) is 0 Å². The van der Waals surface area contributed by atoms with Gasteiger partial charge in [-0.25, -0.2) is 13.4 Å². The van der Waals surface area contributed by atoms with Crippen molar-refractivity contribution in [3.63, 3.8) is 0 Å². The van der Waals surface area contributed by atoms with Gasteiger partial charge in [0.15, 0.2) is 0 Å². The summed E-state index contributed by atoms with van der Waals surface area (Å²) in [6.45, 7) is 3.85. The van der Waals surface area contributed by atoms with Crippen molar-refractivity contribution in [3.05, 3.63) is 53.9 Å². The summed E-state index contributed by atoms with van der Waals surface area (Å²) in [6.07, 6.45) is 1.70. The quantitative estimate of drug-likeness (QED) is 0.808. The standard InChI is InChI=1S/C16H17N3O2S/c1-11-4-6-14(8-12(11)2)22(20,21)18-13-5-7-16-15(9-13)17-10-19(16)3/h4-10,18H,1-3H3. The molecule has 22 heavy (non-hydrogen) atoms. The maximum atomic E-state index is 12.5. The molecule has 0 spiro atoms. The number of hydrogen-bond acceptors (Lipinski definition) is 3. The van der Waals surface area contributed by atoms with Gasteiger partial charge in [0.05, 0.1) is 27.9 Å². The highest BCUT2D eigenvalue weighted by Gasteiger charge is 2.15. The topological polar surface area (TPSA) is 64.0 Å². The van der Waals surface area contributed by atoms with Crippen LogP contribution in [0.15, 0.2) is 47.6 Å². The van der Waals surface area contributed by atoms with E-state index in [2.05, 4.69) is 9.71 Å². The first-order valence-corrected chi connectivity index (χ1v) is 8.36. The molecule has 0 atom stereocenters. The average Bonchev–Trinajstić information content (AvgIpc) is 2.82. The molecule has 114 valence electrons. The second kappa shape index (κ2) is 5.14. The van der Waals surface area contributed by atoms with E-state index >= 15 is 0 Å². The van der Waals surface area contributed by atoms with Crippen LogP contribution in [-0.4, -0.2) is 18.0 Å². The van der Waals surface area contributed by atoms with Crippen LogP contribution in [0.5, 0.6) is 0 Å². The summed E-state index contributed by atoms with van der Waals surface area (Å²) in [5, 5.41) is 0. The fourth-order valence-electron chi connectivity index (χ4n) is 2.29. The van der Waals surface area contributed by atoms with E-state index in [-0.39, 0.29) is 4.90 Å². The number of nitrogens with zero attached hydrogens (tertiary/aromatic N) is 2. The Balaban J connectivity index is 1.96. The molecule has 3 rings (SSSR count). The first-order chi connectivity index (χ1) is 10.4. The lowest BCUT2D eigenvalue weighted by atomic mass is 10.1. The van der Waals surface area contributed by atoms with Crippen LogP contribution in [0.2, 0.25) is 0 Å². The number of imidazole rings is 1. The normalized spacial score (nSPS) is 11.8. The number of aromatic nitrogens is 2. The van der Waals surface area contributed by atoms with E-state index < -0.39 is 10.0 Å². The van der Waals surface area contributed by atoms with Gasteiger partial charge in [0, 0.05) is 7.05 Å². The molecule has 1 N–H and O–H groups in total. The molecule has 0 fully saturated rings. The third-order valence-electron chi connectivity index (χ3n) is 3.77. The molecule has 1 heterocycles. The van der Waals surface area contributed by atoms with Gasteiger partial charge in [-0.15, -0.1) is 0 Å². The van der Waals surface area contributed by atoms with Crippen molar-refractivity contribution in [1.82, 2.24) is 9.55 Å². The van der Waals surface area contributed by atoms with Crippen LogP contribution in [0.1, 0.15) is 11.1 Å². The maximum Gasteiger partial charge on any atom is 0.261 e. The Morgan fingerprint density at radius 3 is 2.55 bits per heavy atom. The lowest BCUT2D eigenvalue weighted by molar-refractivity contribution is 0.601. The molecule has 0 saturated heterocycles. The zero-order chi connectivity index (χ0) is 15.9. The minimum absolute atomic E-state index is 0.261. The zero-order valence-corrected chi connectivity index (χ0v) is 13.5. The van der Waals surface area contributed by atoms with Gasteiger partial charge in [-0.3, -0.25) is 4.72 Å². The molecule has 6 heteroatoms. The van der Waals surface area contributed by atoms with Crippen LogP contribution < -0.4 is 4.72 Å². The minimum atomic E-state index is -3.60. The third kappa shape index (κ3) is 2.57. The third-order valence-corrected chi connectivity index (χ3v) is 5.15. The SMILES string of the molecule is Cc1ccc(S(=O)(=O)Nc2ccc3c(c2)ncn3C)cc1C. The van der Waals surface area contributed by atoms with Gasteiger partial charge in [-0.2, -0.15) is 0 Å². The molecule has 5 nitrogen and oxygen atoms in total. The highest BCUT2D eigenvalue weighted by atomic mass is 32.2. The molecule has 3 aromatic rings. The predicted octanol–water partition coefficient (Wildman–Crippen LogP) is 2.99. The molecule has 0 bridgehead atoms. The summed E-state index contributed by atoms with van der Waals surface area (Å²) in [7, 11) is -1.70. The molecule has 0 unspecified atom stereocenters. The minimum Gasteiger partial charge on any atom is -0.334 e. The van der Waals surface area contributed by atoms with Crippen molar-refractivity contribution in [2.75, 3.05) is 4.72 Å². The Bertz CT molecular complexity index is 959. The largest absolute Gasteiger partial charge is 0.334 e. The summed E-state index contributed by atoms with van der Waals surface area (Å²) in [6, 6.07) is 10.4. The first-order valence-electron chi connectivity index (χ1n) is 6.88. The predicted molar refractivity (Wildman–Crippen MR) is 87.4 cm³/mol. The molecule has 0 amide bonds. The van der Waals surface area contributed by atoms with Crippen LogP contribution in [0.4, 0.5) is 5.69 Å². The number of sulfonamides is 1. The van der Waals surface area contributed by atoms with Crippen molar-refractivity contribution < 1.29 is 8.42 Å². The summed E-state index contributed by atoms with van der Waals surface area (Å²) in [5.41, 5.74) is 4.22. The lowest BCUT2D eigenvalue weighted by Crippen LogP contribution is -2.13. The van der Waals surface area contributed by atoms with Crippen LogP contribution in [0.25, 0.3) is 11.0 Å².